The Morgan fingerprint density at radius 2 is 2.23 bits per heavy atom. The van der Waals surface area contributed by atoms with Crippen molar-refractivity contribution in [1.82, 2.24) is 0 Å². The van der Waals surface area contributed by atoms with Crippen LogP contribution in [0.4, 0.5) is 0 Å². The number of phenols is 1. The van der Waals surface area contributed by atoms with Crippen molar-refractivity contribution in [2.45, 2.75) is 13.0 Å². The van der Waals surface area contributed by atoms with Crippen LogP contribution in [0.15, 0.2) is 16.6 Å². The number of carbonyl (C=O) groups excluding carboxylic acids is 1. The molecule has 1 atom stereocenters. The SMILES string of the molecule is CC1OC(=O)c2c1ccc(O)c2Br. The van der Waals surface area contributed by atoms with E-state index in [1.807, 2.05) is 0 Å². The van der Waals surface area contributed by atoms with Gasteiger partial charge in [-0.3, -0.25) is 0 Å². The predicted molar refractivity (Wildman–Crippen MR) is 49.6 cm³/mol. The maximum atomic E-state index is 11.3. The van der Waals surface area contributed by atoms with Gasteiger partial charge in [0.1, 0.15) is 11.9 Å². The summed E-state index contributed by atoms with van der Waals surface area (Å²) in [6, 6.07) is 3.24. The summed E-state index contributed by atoms with van der Waals surface area (Å²) >= 11 is 3.15. The van der Waals surface area contributed by atoms with E-state index in [0.29, 0.717) is 10.0 Å². The highest BCUT2D eigenvalue weighted by Crippen LogP contribution is 2.39. The van der Waals surface area contributed by atoms with Gasteiger partial charge in [0.05, 0.1) is 10.0 Å². The molecule has 0 fully saturated rings. The van der Waals surface area contributed by atoms with Crippen molar-refractivity contribution in [2.75, 3.05) is 0 Å². The van der Waals surface area contributed by atoms with Crippen LogP contribution in [0, 0.1) is 0 Å². The van der Waals surface area contributed by atoms with Crippen LogP contribution in [0.5, 0.6) is 5.75 Å². The molecule has 0 spiro atoms. The fourth-order valence-corrected chi connectivity index (χ4v) is 1.93. The monoisotopic (exact) mass is 242 g/mol. The molecule has 1 aromatic carbocycles. The van der Waals surface area contributed by atoms with Gasteiger partial charge in [0.25, 0.3) is 0 Å². The summed E-state index contributed by atoms with van der Waals surface area (Å²) in [5, 5.41) is 9.33. The summed E-state index contributed by atoms with van der Waals surface area (Å²) in [4.78, 5) is 11.3. The average molecular weight is 243 g/mol. The van der Waals surface area contributed by atoms with Crippen molar-refractivity contribution in [1.29, 1.82) is 0 Å². The summed E-state index contributed by atoms with van der Waals surface area (Å²) < 4.78 is 5.40. The molecule has 1 aliphatic heterocycles. The number of cyclic esters (lactones) is 1. The molecule has 3 nitrogen and oxygen atoms in total. The van der Waals surface area contributed by atoms with Crippen molar-refractivity contribution in [3.8, 4) is 5.75 Å². The molecule has 0 radical (unpaired) electrons. The van der Waals surface area contributed by atoms with E-state index in [1.54, 1.807) is 19.1 Å². The van der Waals surface area contributed by atoms with Gasteiger partial charge in [0.15, 0.2) is 0 Å². The van der Waals surface area contributed by atoms with Crippen LogP contribution >= 0.6 is 15.9 Å². The van der Waals surface area contributed by atoms with Crippen molar-refractivity contribution in [3.05, 3.63) is 27.7 Å². The number of rotatable bonds is 0. The smallest absolute Gasteiger partial charge is 0.340 e. The third-order valence-electron chi connectivity index (χ3n) is 2.08. The Kier molecular flexibility index (Phi) is 1.80. The van der Waals surface area contributed by atoms with E-state index in [2.05, 4.69) is 15.9 Å². The van der Waals surface area contributed by atoms with Gasteiger partial charge in [-0.1, -0.05) is 6.07 Å². The molecular weight excluding hydrogens is 236 g/mol. The Labute approximate surface area is 83.5 Å². The summed E-state index contributed by atoms with van der Waals surface area (Å²) in [5.41, 5.74) is 1.25. The van der Waals surface area contributed by atoms with E-state index in [9.17, 15) is 9.90 Å². The van der Waals surface area contributed by atoms with E-state index in [1.165, 1.54) is 0 Å². The van der Waals surface area contributed by atoms with Crippen LogP contribution in [-0.2, 0) is 4.74 Å². The van der Waals surface area contributed by atoms with E-state index in [0.717, 1.165) is 5.56 Å². The zero-order valence-corrected chi connectivity index (χ0v) is 8.46. The molecule has 0 amide bonds. The maximum Gasteiger partial charge on any atom is 0.340 e. The summed E-state index contributed by atoms with van der Waals surface area (Å²) in [5.74, 6) is -0.324. The first-order valence-corrected chi connectivity index (χ1v) is 4.63. The average Bonchev–Trinajstić information content (AvgIpc) is 2.35. The van der Waals surface area contributed by atoms with Crippen molar-refractivity contribution in [2.24, 2.45) is 0 Å². The van der Waals surface area contributed by atoms with Gasteiger partial charge in [-0.2, -0.15) is 0 Å². The first-order chi connectivity index (χ1) is 6.11. The first-order valence-electron chi connectivity index (χ1n) is 3.83. The van der Waals surface area contributed by atoms with Crippen LogP contribution in [0.1, 0.15) is 28.9 Å². The van der Waals surface area contributed by atoms with Gasteiger partial charge in [-0.05, 0) is 28.9 Å². The fourth-order valence-electron chi connectivity index (χ4n) is 1.41. The summed E-state index contributed by atoms with van der Waals surface area (Å²) in [6.45, 7) is 1.80. The molecule has 1 heterocycles. The number of halogens is 1. The normalized spacial score (nSPS) is 19.8. The lowest BCUT2D eigenvalue weighted by molar-refractivity contribution is 0.0421. The second-order valence-corrected chi connectivity index (χ2v) is 3.70. The van der Waals surface area contributed by atoms with E-state index < -0.39 is 0 Å². The molecule has 0 saturated carbocycles. The Bertz CT molecular complexity index is 387. The van der Waals surface area contributed by atoms with E-state index in [-0.39, 0.29) is 17.8 Å². The lowest BCUT2D eigenvalue weighted by Gasteiger charge is -2.02. The molecule has 0 aromatic heterocycles. The second kappa shape index (κ2) is 2.73. The molecule has 1 aromatic rings. The Hall–Kier alpha value is -1.03. The molecule has 68 valence electrons. The van der Waals surface area contributed by atoms with Gasteiger partial charge >= 0.3 is 5.97 Å². The molecule has 4 heteroatoms. The van der Waals surface area contributed by atoms with Crippen LogP contribution in [-0.4, -0.2) is 11.1 Å². The van der Waals surface area contributed by atoms with E-state index >= 15 is 0 Å². The molecule has 1 aliphatic rings. The minimum atomic E-state index is -0.384. The Balaban J connectivity index is 2.71. The lowest BCUT2D eigenvalue weighted by atomic mass is 10.1. The van der Waals surface area contributed by atoms with Gasteiger partial charge in [-0.15, -0.1) is 0 Å². The highest BCUT2D eigenvalue weighted by atomic mass is 79.9. The number of hydrogen-bond acceptors (Lipinski definition) is 3. The highest BCUT2D eigenvalue weighted by molar-refractivity contribution is 9.10. The predicted octanol–water partition coefficient (Wildman–Crippen LogP) is 2.39. The van der Waals surface area contributed by atoms with E-state index in [4.69, 9.17) is 4.74 Å². The van der Waals surface area contributed by atoms with Gasteiger partial charge in [0.2, 0.25) is 0 Å². The number of fused-ring (bicyclic) bond motifs is 1. The summed E-state index contributed by atoms with van der Waals surface area (Å²) in [7, 11) is 0. The number of ether oxygens (including phenoxy) is 1. The van der Waals surface area contributed by atoms with Crippen LogP contribution in [0.25, 0.3) is 0 Å². The zero-order valence-electron chi connectivity index (χ0n) is 6.87. The number of phenolic OH excluding ortho intramolecular Hbond substituents is 1. The molecule has 13 heavy (non-hydrogen) atoms. The molecule has 2 rings (SSSR count). The number of benzene rings is 1. The number of esters is 1. The van der Waals surface area contributed by atoms with Gasteiger partial charge in [-0.25, -0.2) is 4.79 Å². The van der Waals surface area contributed by atoms with Crippen LogP contribution in [0.2, 0.25) is 0 Å². The van der Waals surface area contributed by atoms with Crippen LogP contribution < -0.4 is 0 Å². The highest BCUT2D eigenvalue weighted by Gasteiger charge is 2.30. The second-order valence-electron chi connectivity index (χ2n) is 2.91. The topological polar surface area (TPSA) is 46.5 Å². The molecule has 0 bridgehead atoms. The molecule has 1 N–H and O–H groups in total. The zero-order chi connectivity index (χ0) is 9.59. The third kappa shape index (κ3) is 1.13. The molecule has 0 saturated heterocycles. The number of aromatic hydroxyl groups is 1. The number of hydrogen-bond donors (Lipinski definition) is 1. The van der Waals surface area contributed by atoms with Gasteiger partial charge < -0.3 is 9.84 Å². The molecular formula is C9H7BrO3. The first kappa shape index (κ1) is 8.56. The Morgan fingerprint density at radius 1 is 1.54 bits per heavy atom. The fraction of sp³-hybridized carbons (Fsp3) is 0.222. The number of carbonyl (C=O) groups is 1. The lowest BCUT2D eigenvalue weighted by Crippen LogP contribution is -1.95. The quantitative estimate of drug-likeness (QED) is 0.711. The van der Waals surface area contributed by atoms with Crippen LogP contribution in [0.3, 0.4) is 0 Å². The minimum Gasteiger partial charge on any atom is -0.507 e. The van der Waals surface area contributed by atoms with Crippen molar-refractivity contribution in [3.63, 3.8) is 0 Å². The third-order valence-corrected chi connectivity index (χ3v) is 2.88. The largest absolute Gasteiger partial charge is 0.507 e. The summed E-state index contributed by atoms with van der Waals surface area (Å²) in [6.07, 6.45) is -0.223. The molecule has 1 unspecified atom stereocenters. The van der Waals surface area contributed by atoms with Gasteiger partial charge in [0, 0.05) is 5.56 Å². The molecule has 0 aliphatic carbocycles. The van der Waals surface area contributed by atoms with Crippen molar-refractivity contribution >= 4 is 21.9 Å². The minimum absolute atomic E-state index is 0.0600. The maximum absolute atomic E-state index is 11.3. The van der Waals surface area contributed by atoms with Crippen molar-refractivity contribution < 1.29 is 14.6 Å². The standard InChI is InChI=1S/C9H7BrO3/c1-4-5-2-3-6(11)8(10)7(5)9(12)13-4/h2-4,11H,1H3. The Morgan fingerprint density at radius 3 is 2.92 bits per heavy atom.